The van der Waals surface area contributed by atoms with Gasteiger partial charge in [-0.1, -0.05) is 0 Å². The zero-order valence-electron chi connectivity index (χ0n) is 16.2. The second-order valence-corrected chi connectivity index (χ2v) is 6.19. The minimum absolute atomic E-state index is 0.0658. The Kier molecular flexibility index (Phi) is 4.82. The van der Waals surface area contributed by atoms with E-state index in [0.717, 1.165) is 17.1 Å². The molecule has 0 bridgehead atoms. The van der Waals surface area contributed by atoms with E-state index >= 15 is 0 Å². The first-order valence-corrected chi connectivity index (χ1v) is 8.83. The summed E-state index contributed by atoms with van der Waals surface area (Å²) in [6.45, 7) is 0. The fourth-order valence-electron chi connectivity index (χ4n) is 3.10. The van der Waals surface area contributed by atoms with Crippen molar-refractivity contribution in [1.29, 1.82) is 0 Å². The number of aromatic nitrogens is 3. The standard InChI is InChI=1S/C21H20N4O4/c1-27-16-7-5-14(11-18(16)29-3)23-21-20(24-19-12-22-8-9-25(19)21)13-4-6-15(26)17(10-13)28-2/h4-12,23,26H,1-3H3. The van der Waals surface area contributed by atoms with Crippen LogP contribution in [0.4, 0.5) is 11.5 Å². The highest BCUT2D eigenvalue weighted by molar-refractivity contribution is 5.81. The minimum atomic E-state index is 0.0658. The summed E-state index contributed by atoms with van der Waals surface area (Å²) >= 11 is 0. The number of fused-ring (bicyclic) bond motifs is 1. The lowest BCUT2D eigenvalue weighted by atomic mass is 10.1. The molecule has 0 amide bonds. The molecular formula is C21H20N4O4. The van der Waals surface area contributed by atoms with E-state index in [-0.39, 0.29) is 5.75 Å². The molecule has 2 heterocycles. The lowest BCUT2D eigenvalue weighted by Crippen LogP contribution is -1.98. The maximum Gasteiger partial charge on any atom is 0.162 e. The first-order valence-electron chi connectivity index (χ1n) is 8.83. The average Bonchev–Trinajstić information content (AvgIpc) is 3.12. The number of nitrogens with zero attached hydrogens (tertiary/aromatic N) is 3. The third-order valence-corrected chi connectivity index (χ3v) is 4.53. The van der Waals surface area contributed by atoms with Crippen LogP contribution in [0.1, 0.15) is 0 Å². The first-order chi connectivity index (χ1) is 14.1. The number of methoxy groups -OCH3 is 3. The van der Waals surface area contributed by atoms with Crippen LogP contribution in [0.25, 0.3) is 16.9 Å². The van der Waals surface area contributed by atoms with Gasteiger partial charge in [0.2, 0.25) is 0 Å². The van der Waals surface area contributed by atoms with Gasteiger partial charge >= 0.3 is 0 Å². The van der Waals surface area contributed by atoms with Crippen LogP contribution in [-0.4, -0.2) is 40.8 Å². The number of hydrogen-bond acceptors (Lipinski definition) is 7. The largest absolute Gasteiger partial charge is 0.504 e. The summed E-state index contributed by atoms with van der Waals surface area (Å²) in [6.07, 6.45) is 5.20. The molecular weight excluding hydrogens is 372 g/mol. The Balaban J connectivity index is 1.85. The highest BCUT2D eigenvalue weighted by Crippen LogP contribution is 2.37. The number of hydrogen-bond donors (Lipinski definition) is 2. The quantitative estimate of drug-likeness (QED) is 0.515. The van der Waals surface area contributed by atoms with E-state index in [0.29, 0.717) is 28.6 Å². The van der Waals surface area contributed by atoms with Crippen LogP contribution in [0.15, 0.2) is 55.0 Å². The lowest BCUT2D eigenvalue weighted by Gasteiger charge is -2.13. The predicted octanol–water partition coefficient (Wildman–Crippen LogP) is 3.87. The molecule has 8 nitrogen and oxygen atoms in total. The van der Waals surface area contributed by atoms with Gasteiger partial charge in [-0.2, -0.15) is 0 Å². The Bertz CT molecular complexity index is 1170. The summed E-state index contributed by atoms with van der Waals surface area (Å²) in [5, 5.41) is 13.3. The zero-order chi connectivity index (χ0) is 20.4. The average molecular weight is 392 g/mol. The summed E-state index contributed by atoms with van der Waals surface area (Å²) in [5.41, 5.74) is 2.95. The van der Waals surface area contributed by atoms with Crippen LogP contribution in [0.3, 0.4) is 0 Å². The van der Waals surface area contributed by atoms with Gasteiger partial charge < -0.3 is 24.6 Å². The number of phenols is 1. The van der Waals surface area contributed by atoms with Gasteiger partial charge in [0, 0.05) is 29.7 Å². The third-order valence-electron chi connectivity index (χ3n) is 4.53. The van der Waals surface area contributed by atoms with Gasteiger partial charge in [0.05, 0.1) is 27.5 Å². The molecule has 0 radical (unpaired) electrons. The Labute approximate surface area is 167 Å². The van der Waals surface area contributed by atoms with E-state index in [1.165, 1.54) is 7.11 Å². The van der Waals surface area contributed by atoms with Gasteiger partial charge in [0.1, 0.15) is 11.5 Å². The van der Waals surface area contributed by atoms with Crippen LogP contribution in [0.2, 0.25) is 0 Å². The molecule has 148 valence electrons. The maximum atomic E-state index is 9.93. The minimum Gasteiger partial charge on any atom is -0.504 e. The molecule has 0 aliphatic heterocycles. The molecule has 2 N–H and O–H groups in total. The zero-order valence-corrected chi connectivity index (χ0v) is 16.2. The number of nitrogens with one attached hydrogen (secondary N) is 1. The van der Waals surface area contributed by atoms with E-state index < -0.39 is 0 Å². The highest BCUT2D eigenvalue weighted by atomic mass is 16.5. The molecule has 0 aliphatic rings. The molecule has 2 aromatic carbocycles. The van der Waals surface area contributed by atoms with Crippen LogP contribution in [0, 0.1) is 0 Å². The normalized spacial score (nSPS) is 10.7. The number of anilines is 2. The second-order valence-electron chi connectivity index (χ2n) is 6.19. The van der Waals surface area contributed by atoms with Crippen LogP contribution in [-0.2, 0) is 0 Å². The van der Waals surface area contributed by atoms with Crippen LogP contribution < -0.4 is 19.5 Å². The van der Waals surface area contributed by atoms with Gasteiger partial charge in [0.15, 0.2) is 28.6 Å². The second kappa shape index (κ2) is 7.59. The Morgan fingerprint density at radius 3 is 2.48 bits per heavy atom. The molecule has 29 heavy (non-hydrogen) atoms. The van der Waals surface area contributed by atoms with Crippen molar-refractivity contribution in [1.82, 2.24) is 14.4 Å². The number of imidazole rings is 1. The summed E-state index contributed by atoms with van der Waals surface area (Å²) < 4.78 is 17.9. The summed E-state index contributed by atoms with van der Waals surface area (Å²) in [6, 6.07) is 10.7. The van der Waals surface area contributed by atoms with E-state index in [2.05, 4.69) is 10.3 Å². The van der Waals surface area contributed by atoms with Crippen LogP contribution >= 0.6 is 0 Å². The van der Waals surface area contributed by atoms with Gasteiger partial charge in [-0.3, -0.25) is 9.38 Å². The van der Waals surface area contributed by atoms with E-state index in [9.17, 15) is 5.11 Å². The van der Waals surface area contributed by atoms with Crippen molar-refractivity contribution < 1.29 is 19.3 Å². The van der Waals surface area contributed by atoms with Crippen molar-refractivity contribution >= 4 is 17.2 Å². The van der Waals surface area contributed by atoms with Gasteiger partial charge in [-0.05, 0) is 30.3 Å². The van der Waals surface area contributed by atoms with Crippen molar-refractivity contribution in [2.24, 2.45) is 0 Å². The highest BCUT2D eigenvalue weighted by Gasteiger charge is 2.17. The monoisotopic (exact) mass is 392 g/mol. The first kappa shape index (κ1) is 18.4. The topological polar surface area (TPSA) is 90.1 Å². The molecule has 0 unspecified atom stereocenters. The molecule has 4 aromatic rings. The van der Waals surface area contributed by atoms with Crippen molar-refractivity contribution in [3.63, 3.8) is 0 Å². The predicted molar refractivity (Wildman–Crippen MR) is 109 cm³/mol. The van der Waals surface area contributed by atoms with Gasteiger partial charge in [0.25, 0.3) is 0 Å². The SMILES string of the molecule is COc1cc(-c2nc3cnccn3c2Nc2ccc(OC)c(OC)c2)ccc1O. The molecule has 0 spiro atoms. The van der Waals surface area contributed by atoms with Crippen molar-refractivity contribution in [3.05, 3.63) is 55.0 Å². The van der Waals surface area contributed by atoms with Gasteiger partial charge in [-0.25, -0.2) is 4.98 Å². The Hall–Kier alpha value is -3.94. The molecule has 0 saturated heterocycles. The molecule has 4 rings (SSSR count). The van der Waals surface area contributed by atoms with E-state index in [4.69, 9.17) is 19.2 Å². The number of benzene rings is 2. The molecule has 0 aliphatic carbocycles. The van der Waals surface area contributed by atoms with Crippen LogP contribution in [0.5, 0.6) is 23.0 Å². The molecule has 0 fully saturated rings. The van der Waals surface area contributed by atoms with Crippen molar-refractivity contribution in [3.8, 4) is 34.3 Å². The lowest BCUT2D eigenvalue weighted by molar-refractivity contribution is 0.355. The number of rotatable bonds is 6. The summed E-state index contributed by atoms with van der Waals surface area (Å²) in [7, 11) is 4.70. The molecule has 0 atom stereocenters. The third kappa shape index (κ3) is 3.36. The maximum absolute atomic E-state index is 9.93. The number of ether oxygens (including phenoxy) is 3. The fraction of sp³-hybridized carbons (Fsp3) is 0.143. The fourth-order valence-corrected chi connectivity index (χ4v) is 3.10. The van der Waals surface area contributed by atoms with E-state index in [1.807, 2.05) is 28.8 Å². The van der Waals surface area contributed by atoms with Crippen molar-refractivity contribution in [2.45, 2.75) is 0 Å². The summed E-state index contributed by atoms with van der Waals surface area (Å²) in [5.74, 6) is 2.43. The Morgan fingerprint density at radius 1 is 0.931 bits per heavy atom. The van der Waals surface area contributed by atoms with Gasteiger partial charge in [-0.15, -0.1) is 0 Å². The molecule has 0 saturated carbocycles. The molecule has 8 heteroatoms. The molecule has 2 aromatic heterocycles. The summed E-state index contributed by atoms with van der Waals surface area (Å²) in [4.78, 5) is 8.86. The number of aromatic hydroxyl groups is 1. The van der Waals surface area contributed by atoms with E-state index in [1.54, 1.807) is 44.8 Å². The Morgan fingerprint density at radius 2 is 1.72 bits per heavy atom. The smallest absolute Gasteiger partial charge is 0.162 e. The number of phenolic OH excluding ortho intramolecular Hbond substituents is 1. The van der Waals surface area contributed by atoms with Crippen molar-refractivity contribution in [2.75, 3.05) is 26.6 Å².